The molecule has 0 aliphatic carbocycles. The molecule has 0 atom stereocenters. The number of nitrogens with one attached hydrogen (secondary N) is 1. The summed E-state index contributed by atoms with van der Waals surface area (Å²) in [6.07, 6.45) is -6.76. The summed E-state index contributed by atoms with van der Waals surface area (Å²) < 4.78 is 81.7. The predicted molar refractivity (Wildman–Crippen MR) is 122 cm³/mol. The molecule has 0 spiro atoms. The van der Waals surface area contributed by atoms with Crippen molar-refractivity contribution in [3.8, 4) is 28.9 Å². The summed E-state index contributed by atoms with van der Waals surface area (Å²) in [5.74, 6) is -1.10. The van der Waals surface area contributed by atoms with Crippen LogP contribution in [-0.4, -0.2) is 48.8 Å². The fourth-order valence-corrected chi connectivity index (χ4v) is 4.11. The van der Waals surface area contributed by atoms with Crippen LogP contribution in [0.25, 0.3) is 28.3 Å². The van der Waals surface area contributed by atoms with E-state index in [1.807, 2.05) is 5.53 Å². The van der Waals surface area contributed by atoms with Crippen molar-refractivity contribution >= 4 is 28.8 Å². The van der Waals surface area contributed by atoms with Crippen LogP contribution < -0.4 is 20.6 Å². The zero-order chi connectivity index (χ0) is 27.7. The van der Waals surface area contributed by atoms with E-state index in [0.717, 1.165) is 5.12 Å². The minimum Gasteiger partial charge on any atom is -0.401 e. The van der Waals surface area contributed by atoms with Gasteiger partial charge in [0.2, 0.25) is 5.89 Å². The molecule has 1 aromatic carbocycles. The number of benzene rings is 1. The molecule has 6 rings (SSSR count). The molecule has 3 aromatic heterocycles. The van der Waals surface area contributed by atoms with E-state index in [-0.39, 0.29) is 56.3 Å². The lowest BCUT2D eigenvalue weighted by Gasteiger charge is -2.20. The number of alkyl halides is 5. The van der Waals surface area contributed by atoms with Crippen molar-refractivity contribution in [3.05, 3.63) is 57.2 Å². The van der Waals surface area contributed by atoms with Gasteiger partial charge in [-0.3, -0.25) is 0 Å². The Morgan fingerprint density at radius 1 is 1.21 bits per heavy atom. The number of hydrazone groups is 1. The molecule has 39 heavy (non-hydrogen) atoms. The van der Waals surface area contributed by atoms with Crippen LogP contribution in [0.15, 0.2) is 44.8 Å². The van der Waals surface area contributed by atoms with Crippen LogP contribution in [-0.2, 0) is 6.54 Å². The first-order valence-corrected chi connectivity index (χ1v) is 11.2. The van der Waals surface area contributed by atoms with Crippen LogP contribution in [0.2, 0.25) is 5.02 Å². The molecule has 202 valence electrons. The Kier molecular flexibility index (Phi) is 5.41. The van der Waals surface area contributed by atoms with Gasteiger partial charge < -0.3 is 13.9 Å². The Labute approximate surface area is 217 Å². The lowest BCUT2D eigenvalue weighted by Crippen LogP contribution is -2.48. The Balaban J connectivity index is 1.46. The number of hydrazine groups is 2. The number of aromatic nitrogens is 4. The van der Waals surface area contributed by atoms with Gasteiger partial charge in [0, 0.05) is 6.20 Å². The average Bonchev–Trinajstić information content (AvgIpc) is 3.56. The Morgan fingerprint density at radius 2 is 2.00 bits per heavy atom. The van der Waals surface area contributed by atoms with Gasteiger partial charge in [0.25, 0.3) is 0 Å². The molecule has 0 radical (unpaired) electrons. The third kappa shape index (κ3) is 4.34. The van der Waals surface area contributed by atoms with Gasteiger partial charge in [-0.15, -0.1) is 32.6 Å². The number of fused-ring (bicyclic) bond motifs is 3. The monoisotopic (exact) mass is 570 g/mol. The maximum absolute atomic E-state index is 13.7. The Morgan fingerprint density at radius 3 is 2.72 bits per heavy atom. The van der Waals surface area contributed by atoms with Gasteiger partial charge >= 0.3 is 18.2 Å². The van der Waals surface area contributed by atoms with Gasteiger partial charge in [-0.25, -0.2) is 24.6 Å². The van der Waals surface area contributed by atoms with Gasteiger partial charge in [0.05, 0.1) is 22.8 Å². The first kappa shape index (κ1) is 24.8. The van der Waals surface area contributed by atoms with Crippen LogP contribution >= 0.6 is 11.6 Å². The van der Waals surface area contributed by atoms with Crippen molar-refractivity contribution in [2.75, 3.05) is 0 Å². The Hall–Kier alpha value is -4.51. The highest BCUT2D eigenvalue weighted by Gasteiger charge is 2.45. The lowest BCUT2D eigenvalue weighted by atomic mass is 10.1. The van der Waals surface area contributed by atoms with Crippen molar-refractivity contribution < 1.29 is 35.8 Å². The number of hydrogen-bond donors (Lipinski definition) is 1. The smallest absolute Gasteiger partial charge is 0.401 e. The van der Waals surface area contributed by atoms with Crippen molar-refractivity contribution in [2.24, 2.45) is 5.10 Å². The van der Waals surface area contributed by atoms with Crippen molar-refractivity contribution in [1.82, 2.24) is 35.4 Å². The molecule has 4 aromatic rings. The normalized spacial score (nSPS) is 16.1. The zero-order valence-corrected chi connectivity index (χ0v) is 20.0. The highest BCUT2D eigenvalue weighted by molar-refractivity contribution is 6.32. The molecule has 0 amide bonds. The van der Waals surface area contributed by atoms with E-state index in [0.29, 0.717) is 11.9 Å². The molecular weight excluding hydrogens is 559 g/mol. The van der Waals surface area contributed by atoms with Gasteiger partial charge in [-0.1, -0.05) is 11.6 Å². The quantitative estimate of drug-likeness (QED) is 0.287. The van der Waals surface area contributed by atoms with E-state index in [1.165, 1.54) is 36.0 Å². The summed E-state index contributed by atoms with van der Waals surface area (Å²) in [7, 11) is 0. The molecular formula is C21H12ClF5N8O4. The first-order chi connectivity index (χ1) is 18.4. The third-order valence-corrected chi connectivity index (χ3v) is 5.79. The second-order valence-corrected chi connectivity index (χ2v) is 8.59. The molecule has 12 nitrogen and oxygen atoms in total. The predicted octanol–water partition coefficient (Wildman–Crippen LogP) is 3.72. The number of hydrogen-bond acceptors (Lipinski definition) is 11. The average molecular weight is 571 g/mol. The second kappa shape index (κ2) is 8.50. The maximum Gasteiger partial charge on any atom is 0.586 e. The second-order valence-electron chi connectivity index (χ2n) is 8.19. The molecule has 2 aliphatic heterocycles. The topological polar surface area (TPSA) is 123 Å². The van der Waals surface area contributed by atoms with E-state index in [2.05, 4.69) is 29.6 Å². The van der Waals surface area contributed by atoms with Crippen molar-refractivity contribution in [3.63, 3.8) is 0 Å². The largest absolute Gasteiger partial charge is 0.586 e. The number of pyridine rings is 1. The van der Waals surface area contributed by atoms with E-state index >= 15 is 0 Å². The van der Waals surface area contributed by atoms with Crippen LogP contribution in [0.4, 0.5) is 22.0 Å². The number of halogens is 6. The van der Waals surface area contributed by atoms with Gasteiger partial charge in [-0.2, -0.15) is 10.1 Å². The number of rotatable bonds is 4. The summed E-state index contributed by atoms with van der Waals surface area (Å²) in [5.41, 5.74) is 1.41. The zero-order valence-electron chi connectivity index (χ0n) is 19.2. The summed E-state index contributed by atoms with van der Waals surface area (Å²) in [6.45, 7) is 1.23. The highest BCUT2D eigenvalue weighted by atomic mass is 35.5. The summed E-state index contributed by atoms with van der Waals surface area (Å²) in [5, 5.41) is 8.44. The van der Waals surface area contributed by atoms with E-state index < -0.39 is 24.0 Å². The summed E-state index contributed by atoms with van der Waals surface area (Å²) in [6, 6.07) is 5.67. The minimum atomic E-state index is -4.72. The van der Waals surface area contributed by atoms with Crippen molar-refractivity contribution in [2.45, 2.75) is 26.1 Å². The van der Waals surface area contributed by atoms with Gasteiger partial charge in [-0.05, 0) is 36.8 Å². The first-order valence-electron chi connectivity index (χ1n) is 10.8. The van der Waals surface area contributed by atoms with Crippen molar-refractivity contribution in [1.29, 1.82) is 0 Å². The van der Waals surface area contributed by atoms with Crippen LogP contribution in [0.5, 0.6) is 11.5 Å². The molecule has 0 bridgehead atoms. The van der Waals surface area contributed by atoms with E-state index in [4.69, 9.17) is 16.0 Å². The fourth-order valence-electron chi connectivity index (χ4n) is 3.91. The minimum absolute atomic E-state index is 0.0191. The lowest BCUT2D eigenvalue weighted by molar-refractivity contribution is -0.286. The maximum atomic E-state index is 13.7. The molecule has 5 heterocycles. The van der Waals surface area contributed by atoms with E-state index in [9.17, 15) is 26.7 Å². The number of ether oxygens (including phenoxy) is 2. The van der Waals surface area contributed by atoms with Gasteiger partial charge in [0.1, 0.15) is 17.4 Å². The van der Waals surface area contributed by atoms with E-state index in [1.54, 1.807) is 6.07 Å². The highest BCUT2D eigenvalue weighted by Crippen LogP contribution is 2.45. The third-order valence-electron chi connectivity index (χ3n) is 5.50. The number of aryl methyl sites for hydroxylation is 1. The SMILES string of the molecule is Cc1cc2c(c3c(=O)oc(-c4cc(CN5N=CN(C(F)(F)F)N5)nn4-c4ncccc4Cl)nc13)OC(F)(F)O2. The molecule has 2 aliphatic rings. The fraction of sp³-hybridized carbons (Fsp3) is 0.190. The van der Waals surface area contributed by atoms with Crippen LogP contribution in [0.3, 0.4) is 0 Å². The molecule has 18 heteroatoms. The van der Waals surface area contributed by atoms with Crippen LogP contribution in [0, 0.1) is 6.92 Å². The molecule has 1 N–H and O–H groups in total. The van der Waals surface area contributed by atoms with Gasteiger partial charge in [0.15, 0.2) is 17.3 Å². The molecule has 0 saturated carbocycles. The standard InChI is InChI=1S/C21H12ClF5N8O4/c1-9-5-13-16(39-21(26,27)38-13)14-15(9)30-18(37-19(14)36)12-6-10(7-34-29-8-33(32-34)20(23,24)25)31-35(12)17-11(22)3-2-4-28-17/h2-6,8,32H,7H2,1H3. The molecule has 0 saturated heterocycles. The van der Waals surface area contributed by atoms with Crippen LogP contribution in [0.1, 0.15) is 11.3 Å². The molecule has 0 fully saturated rings. The summed E-state index contributed by atoms with van der Waals surface area (Å²) in [4.78, 5) is 21.5. The summed E-state index contributed by atoms with van der Waals surface area (Å²) >= 11 is 6.29. The number of nitrogens with zero attached hydrogens (tertiary/aromatic N) is 7. The Bertz CT molecular complexity index is 1720. The molecule has 0 unspecified atom stereocenters.